The van der Waals surface area contributed by atoms with Gasteiger partial charge in [0.25, 0.3) is 0 Å². The Labute approximate surface area is 100 Å². The lowest BCUT2D eigenvalue weighted by atomic mass is 10.1. The molecule has 0 aliphatic heterocycles. The van der Waals surface area contributed by atoms with Gasteiger partial charge < -0.3 is 10.6 Å². The first-order valence-corrected chi connectivity index (χ1v) is 5.42. The molecule has 1 aromatic rings. The number of benzene rings is 1. The number of halogens is 1. The molecule has 2 amide bonds. The second kappa shape index (κ2) is 6.54. The highest BCUT2D eigenvalue weighted by Gasteiger charge is 2.09. The summed E-state index contributed by atoms with van der Waals surface area (Å²) in [6.07, 6.45) is 6.41. The summed E-state index contributed by atoms with van der Waals surface area (Å²) in [5.74, 6) is 2.10. The van der Waals surface area contributed by atoms with Gasteiger partial charge in [-0.1, -0.05) is 13.0 Å². The quantitative estimate of drug-likeness (QED) is 0.773. The van der Waals surface area contributed by atoms with Gasteiger partial charge in [-0.2, -0.15) is 0 Å². The third-order valence-corrected chi connectivity index (χ3v) is 2.27. The third-order valence-electron chi connectivity index (χ3n) is 2.27. The molecule has 17 heavy (non-hydrogen) atoms. The molecule has 0 radical (unpaired) electrons. The largest absolute Gasteiger partial charge is 0.334 e. The highest BCUT2D eigenvalue weighted by molar-refractivity contribution is 5.89. The van der Waals surface area contributed by atoms with Gasteiger partial charge in [0, 0.05) is 18.2 Å². The van der Waals surface area contributed by atoms with E-state index in [4.69, 9.17) is 6.42 Å². The maximum absolute atomic E-state index is 12.9. The van der Waals surface area contributed by atoms with Gasteiger partial charge in [0.1, 0.15) is 5.82 Å². The number of nitrogens with one attached hydrogen (secondary N) is 2. The molecule has 1 unspecified atom stereocenters. The van der Waals surface area contributed by atoms with Crippen LogP contribution in [-0.2, 0) is 0 Å². The van der Waals surface area contributed by atoms with Crippen molar-refractivity contribution in [3.8, 4) is 12.3 Å². The summed E-state index contributed by atoms with van der Waals surface area (Å²) in [5, 5.41) is 5.27. The molecule has 0 aromatic heterocycles. The Morgan fingerprint density at radius 3 is 2.94 bits per heavy atom. The fourth-order valence-corrected chi connectivity index (χ4v) is 1.36. The number of carbonyl (C=O) groups is 1. The predicted molar refractivity (Wildman–Crippen MR) is 66.1 cm³/mol. The monoisotopic (exact) mass is 234 g/mol. The van der Waals surface area contributed by atoms with E-state index in [1.54, 1.807) is 6.07 Å². The summed E-state index contributed by atoms with van der Waals surface area (Å²) >= 11 is 0. The van der Waals surface area contributed by atoms with Gasteiger partial charge >= 0.3 is 6.03 Å². The topological polar surface area (TPSA) is 41.1 Å². The molecular formula is C13H15FN2O. The van der Waals surface area contributed by atoms with Crippen LogP contribution in [0, 0.1) is 18.2 Å². The van der Waals surface area contributed by atoms with Crippen molar-refractivity contribution in [2.45, 2.75) is 25.8 Å². The van der Waals surface area contributed by atoms with Gasteiger partial charge in [-0.15, -0.1) is 12.3 Å². The van der Waals surface area contributed by atoms with Crippen molar-refractivity contribution >= 4 is 11.7 Å². The van der Waals surface area contributed by atoms with Crippen molar-refractivity contribution in [2.75, 3.05) is 5.32 Å². The van der Waals surface area contributed by atoms with Crippen LogP contribution in [0.1, 0.15) is 19.8 Å². The Balaban J connectivity index is 2.52. The van der Waals surface area contributed by atoms with Crippen molar-refractivity contribution in [1.29, 1.82) is 0 Å². The highest BCUT2D eigenvalue weighted by Crippen LogP contribution is 2.09. The zero-order chi connectivity index (χ0) is 12.7. The number of hydrogen-bond donors (Lipinski definition) is 2. The molecule has 1 aromatic carbocycles. The van der Waals surface area contributed by atoms with Crippen LogP contribution >= 0.6 is 0 Å². The first-order chi connectivity index (χ1) is 8.15. The Hall–Kier alpha value is -2.02. The number of rotatable bonds is 4. The molecule has 0 spiro atoms. The Morgan fingerprint density at radius 2 is 2.35 bits per heavy atom. The molecule has 0 aliphatic carbocycles. The van der Waals surface area contributed by atoms with Gasteiger partial charge in [0.2, 0.25) is 0 Å². The van der Waals surface area contributed by atoms with Crippen LogP contribution in [-0.4, -0.2) is 12.1 Å². The minimum atomic E-state index is -0.390. The smallest absolute Gasteiger partial charge is 0.319 e. The van der Waals surface area contributed by atoms with E-state index in [0.29, 0.717) is 12.1 Å². The molecule has 1 atom stereocenters. The van der Waals surface area contributed by atoms with Crippen molar-refractivity contribution < 1.29 is 9.18 Å². The van der Waals surface area contributed by atoms with Gasteiger partial charge in [-0.3, -0.25) is 0 Å². The normalized spacial score (nSPS) is 11.4. The number of amides is 2. The van der Waals surface area contributed by atoms with Crippen LogP contribution < -0.4 is 10.6 Å². The maximum Gasteiger partial charge on any atom is 0.319 e. The maximum atomic E-state index is 12.9. The van der Waals surface area contributed by atoms with Crippen LogP contribution in [0.5, 0.6) is 0 Å². The van der Waals surface area contributed by atoms with Gasteiger partial charge in [-0.05, 0) is 24.6 Å². The lowest BCUT2D eigenvalue weighted by Crippen LogP contribution is -2.37. The highest BCUT2D eigenvalue weighted by atomic mass is 19.1. The molecule has 1 rings (SSSR count). The summed E-state index contributed by atoms with van der Waals surface area (Å²) in [5.41, 5.74) is 0.415. The zero-order valence-corrected chi connectivity index (χ0v) is 9.66. The summed E-state index contributed by atoms with van der Waals surface area (Å²) in [7, 11) is 0. The Kier molecular flexibility index (Phi) is 5.02. The van der Waals surface area contributed by atoms with Gasteiger partial charge in [-0.25, -0.2) is 9.18 Å². The Morgan fingerprint density at radius 1 is 1.59 bits per heavy atom. The number of urea groups is 1. The van der Waals surface area contributed by atoms with Gasteiger partial charge in [0.15, 0.2) is 0 Å². The third kappa shape index (κ3) is 4.56. The van der Waals surface area contributed by atoms with E-state index in [9.17, 15) is 9.18 Å². The first-order valence-electron chi connectivity index (χ1n) is 5.42. The van der Waals surface area contributed by atoms with Crippen molar-refractivity contribution in [3.63, 3.8) is 0 Å². The molecule has 0 saturated carbocycles. The molecule has 90 valence electrons. The van der Waals surface area contributed by atoms with Crippen LogP contribution in [0.25, 0.3) is 0 Å². The number of carbonyl (C=O) groups excluding carboxylic acids is 1. The van der Waals surface area contributed by atoms with Crippen LogP contribution in [0.3, 0.4) is 0 Å². The fourth-order valence-electron chi connectivity index (χ4n) is 1.36. The Bertz CT molecular complexity index is 426. The average Bonchev–Trinajstić information content (AvgIpc) is 2.28. The minimum absolute atomic E-state index is 0.0615. The van der Waals surface area contributed by atoms with E-state index in [1.807, 2.05) is 6.92 Å². The first kappa shape index (κ1) is 13.0. The number of terminal acetylenes is 1. The van der Waals surface area contributed by atoms with E-state index in [0.717, 1.165) is 6.42 Å². The average molecular weight is 234 g/mol. The van der Waals surface area contributed by atoms with Crippen molar-refractivity contribution in [3.05, 3.63) is 30.1 Å². The van der Waals surface area contributed by atoms with E-state index in [2.05, 4.69) is 16.6 Å². The SMILES string of the molecule is C#CCC(CC)NC(=O)Nc1cccc(F)c1. The number of anilines is 1. The van der Waals surface area contributed by atoms with Crippen LogP contribution in [0.4, 0.5) is 14.9 Å². The lowest BCUT2D eigenvalue weighted by molar-refractivity contribution is 0.248. The second-order valence-electron chi connectivity index (χ2n) is 3.62. The fraction of sp³-hybridized carbons (Fsp3) is 0.308. The second-order valence-corrected chi connectivity index (χ2v) is 3.62. The zero-order valence-electron chi connectivity index (χ0n) is 9.66. The van der Waals surface area contributed by atoms with Crippen molar-refractivity contribution in [2.24, 2.45) is 0 Å². The molecule has 3 nitrogen and oxygen atoms in total. The standard InChI is InChI=1S/C13H15FN2O/c1-3-6-11(4-2)15-13(17)16-12-8-5-7-10(14)9-12/h1,5,7-9,11H,4,6H2,2H3,(H2,15,16,17). The number of hydrogen-bond acceptors (Lipinski definition) is 1. The summed E-state index contributed by atoms with van der Waals surface area (Å²) < 4.78 is 12.9. The van der Waals surface area contributed by atoms with E-state index >= 15 is 0 Å². The lowest BCUT2D eigenvalue weighted by Gasteiger charge is -2.14. The summed E-state index contributed by atoms with van der Waals surface area (Å²) in [6.45, 7) is 1.93. The molecule has 0 saturated heterocycles. The minimum Gasteiger partial charge on any atom is -0.334 e. The summed E-state index contributed by atoms with van der Waals surface area (Å²) in [4.78, 5) is 11.6. The molecule has 0 fully saturated rings. The molecule has 2 N–H and O–H groups in total. The molecule has 4 heteroatoms. The summed E-state index contributed by atoms with van der Waals surface area (Å²) in [6, 6.07) is 5.28. The van der Waals surface area contributed by atoms with Crippen molar-refractivity contribution in [1.82, 2.24) is 5.32 Å². The molecule has 0 heterocycles. The van der Waals surface area contributed by atoms with Crippen LogP contribution in [0.15, 0.2) is 24.3 Å². The van der Waals surface area contributed by atoms with Gasteiger partial charge in [0.05, 0.1) is 0 Å². The molecule has 0 aliphatic rings. The van der Waals surface area contributed by atoms with E-state index < -0.39 is 5.82 Å². The predicted octanol–water partition coefficient (Wildman–Crippen LogP) is 2.75. The molecule has 0 bridgehead atoms. The van der Waals surface area contributed by atoms with E-state index in [1.165, 1.54) is 18.2 Å². The molecular weight excluding hydrogens is 219 g/mol. The van der Waals surface area contributed by atoms with E-state index in [-0.39, 0.29) is 12.1 Å². The van der Waals surface area contributed by atoms with Crippen LogP contribution in [0.2, 0.25) is 0 Å².